The number of hydrogen-bond donors (Lipinski definition) is 2. The Morgan fingerprint density at radius 3 is 2.45 bits per heavy atom. The molecule has 31 heavy (non-hydrogen) atoms. The Kier molecular flexibility index (Phi) is 14.2. The highest BCUT2D eigenvalue weighted by molar-refractivity contribution is 14.0. The second-order valence-electron chi connectivity index (χ2n) is 8.13. The normalized spacial score (nSPS) is 15.2. The van der Waals surface area contributed by atoms with Crippen LogP contribution in [-0.2, 0) is 11.3 Å². The first-order valence-corrected chi connectivity index (χ1v) is 11.6. The molecule has 2 rings (SSSR count). The molecule has 0 heterocycles. The van der Waals surface area contributed by atoms with Crippen LogP contribution in [0, 0.1) is 5.41 Å². The maximum atomic E-state index is 6.08. The average molecular weight is 547 g/mol. The number of hydrogen-bond acceptors (Lipinski definition) is 4. The minimum absolute atomic E-state index is 0. The Morgan fingerprint density at radius 1 is 1.10 bits per heavy atom. The van der Waals surface area contributed by atoms with Gasteiger partial charge in [-0.2, -0.15) is 0 Å². The number of methoxy groups -OCH3 is 1. The van der Waals surface area contributed by atoms with Crippen molar-refractivity contribution in [1.29, 1.82) is 0 Å². The lowest BCUT2D eigenvalue weighted by atomic mass is 9.67. The molecule has 1 aromatic carbocycles. The fourth-order valence-corrected chi connectivity index (χ4v) is 3.89. The molecular formula is C24H43IN4O2. The van der Waals surface area contributed by atoms with Gasteiger partial charge in [-0.1, -0.05) is 38.5 Å². The van der Waals surface area contributed by atoms with Crippen LogP contribution in [0.2, 0.25) is 0 Å². The molecule has 0 atom stereocenters. The SMILES string of the molecule is CCNC(=NCc1ccccc1OCCN(CC)CC)NCC1(CCOC)CCC1.I. The zero-order chi connectivity index (χ0) is 21.7. The molecule has 0 aliphatic heterocycles. The van der Waals surface area contributed by atoms with Crippen LogP contribution in [0.15, 0.2) is 29.3 Å². The molecule has 0 radical (unpaired) electrons. The Hall–Kier alpha value is -1.06. The van der Waals surface area contributed by atoms with E-state index in [4.69, 9.17) is 14.5 Å². The topological polar surface area (TPSA) is 58.1 Å². The van der Waals surface area contributed by atoms with Crippen molar-refractivity contribution in [1.82, 2.24) is 15.5 Å². The lowest BCUT2D eigenvalue weighted by Gasteiger charge is -2.42. The molecule has 0 bridgehead atoms. The van der Waals surface area contributed by atoms with E-state index in [1.165, 1.54) is 19.3 Å². The quantitative estimate of drug-likeness (QED) is 0.207. The zero-order valence-corrected chi connectivity index (χ0v) is 22.2. The van der Waals surface area contributed by atoms with Gasteiger partial charge in [-0.3, -0.25) is 0 Å². The summed E-state index contributed by atoms with van der Waals surface area (Å²) in [6.07, 6.45) is 4.97. The molecule has 1 aliphatic rings. The fraction of sp³-hybridized carbons (Fsp3) is 0.708. The predicted octanol–water partition coefficient (Wildman–Crippen LogP) is 4.29. The minimum Gasteiger partial charge on any atom is -0.492 e. The van der Waals surface area contributed by atoms with Crippen molar-refractivity contribution in [2.75, 3.05) is 53.0 Å². The van der Waals surface area contributed by atoms with Crippen LogP contribution in [0.5, 0.6) is 5.75 Å². The molecule has 1 saturated carbocycles. The molecule has 178 valence electrons. The molecule has 0 spiro atoms. The fourth-order valence-electron chi connectivity index (χ4n) is 3.89. The molecule has 0 aromatic heterocycles. The number of rotatable bonds is 14. The summed E-state index contributed by atoms with van der Waals surface area (Å²) >= 11 is 0. The highest BCUT2D eigenvalue weighted by Gasteiger charge is 2.36. The third kappa shape index (κ3) is 9.53. The van der Waals surface area contributed by atoms with E-state index in [1.807, 2.05) is 12.1 Å². The number of guanidine groups is 1. The number of para-hydroxylation sites is 1. The van der Waals surface area contributed by atoms with Crippen LogP contribution in [-0.4, -0.2) is 63.9 Å². The molecular weight excluding hydrogens is 503 g/mol. The summed E-state index contributed by atoms with van der Waals surface area (Å²) in [4.78, 5) is 7.20. The largest absolute Gasteiger partial charge is 0.492 e. The van der Waals surface area contributed by atoms with Gasteiger partial charge in [0.2, 0.25) is 0 Å². The third-order valence-electron chi connectivity index (χ3n) is 6.17. The van der Waals surface area contributed by atoms with Gasteiger partial charge in [0, 0.05) is 38.9 Å². The van der Waals surface area contributed by atoms with E-state index in [1.54, 1.807) is 7.11 Å². The molecule has 6 nitrogen and oxygen atoms in total. The molecule has 1 fully saturated rings. The molecule has 2 N–H and O–H groups in total. The molecule has 0 saturated heterocycles. The van der Waals surface area contributed by atoms with E-state index in [9.17, 15) is 0 Å². The maximum Gasteiger partial charge on any atom is 0.191 e. The summed E-state index contributed by atoms with van der Waals surface area (Å²) in [7, 11) is 1.78. The monoisotopic (exact) mass is 546 g/mol. The number of halogens is 1. The van der Waals surface area contributed by atoms with Gasteiger partial charge in [0.25, 0.3) is 0 Å². The van der Waals surface area contributed by atoms with E-state index in [2.05, 4.69) is 48.4 Å². The number of nitrogens with zero attached hydrogens (tertiary/aromatic N) is 2. The average Bonchev–Trinajstić information content (AvgIpc) is 2.74. The smallest absolute Gasteiger partial charge is 0.191 e. The third-order valence-corrected chi connectivity index (χ3v) is 6.17. The van der Waals surface area contributed by atoms with Crippen LogP contribution >= 0.6 is 24.0 Å². The van der Waals surface area contributed by atoms with Gasteiger partial charge >= 0.3 is 0 Å². The highest BCUT2D eigenvalue weighted by atomic mass is 127. The second kappa shape index (κ2) is 15.7. The molecule has 1 aliphatic carbocycles. The minimum atomic E-state index is 0. The second-order valence-corrected chi connectivity index (χ2v) is 8.13. The first-order valence-electron chi connectivity index (χ1n) is 11.6. The van der Waals surface area contributed by atoms with Crippen molar-refractivity contribution in [2.24, 2.45) is 10.4 Å². The highest BCUT2D eigenvalue weighted by Crippen LogP contribution is 2.43. The van der Waals surface area contributed by atoms with Gasteiger partial charge in [-0.15, -0.1) is 24.0 Å². The lowest BCUT2D eigenvalue weighted by Crippen LogP contribution is -2.46. The van der Waals surface area contributed by atoms with Gasteiger partial charge in [-0.25, -0.2) is 4.99 Å². The van der Waals surface area contributed by atoms with Crippen LogP contribution in [0.25, 0.3) is 0 Å². The van der Waals surface area contributed by atoms with Crippen LogP contribution in [0.3, 0.4) is 0 Å². The summed E-state index contributed by atoms with van der Waals surface area (Å²) in [5, 5.41) is 6.95. The Bertz CT molecular complexity index is 634. The van der Waals surface area contributed by atoms with E-state index in [0.29, 0.717) is 18.6 Å². The number of nitrogens with one attached hydrogen (secondary N) is 2. The van der Waals surface area contributed by atoms with Gasteiger partial charge in [0.1, 0.15) is 12.4 Å². The van der Waals surface area contributed by atoms with Gasteiger partial charge in [0.15, 0.2) is 5.96 Å². The van der Waals surface area contributed by atoms with Crippen LogP contribution in [0.4, 0.5) is 0 Å². The number of likely N-dealkylation sites (N-methyl/N-ethyl adjacent to an activating group) is 1. The van der Waals surface area contributed by atoms with Gasteiger partial charge < -0.3 is 25.0 Å². The molecule has 0 amide bonds. The maximum absolute atomic E-state index is 6.08. The van der Waals surface area contributed by atoms with E-state index in [0.717, 1.165) is 63.0 Å². The number of aliphatic imine (C=N–C) groups is 1. The van der Waals surface area contributed by atoms with Gasteiger partial charge in [-0.05, 0) is 50.8 Å². The summed E-state index contributed by atoms with van der Waals surface area (Å²) in [5.74, 6) is 1.80. The van der Waals surface area contributed by atoms with Crippen molar-refractivity contribution in [2.45, 2.75) is 53.0 Å². The van der Waals surface area contributed by atoms with Crippen LogP contribution in [0.1, 0.15) is 52.0 Å². The summed E-state index contributed by atoms with van der Waals surface area (Å²) < 4.78 is 11.4. The van der Waals surface area contributed by atoms with Crippen molar-refractivity contribution in [3.63, 3.8) is 0 Å². The van der Waals surface area contributed by atoms with Crippen molar-refractivity contribution in [3.05, 3.63) is 29.8 Å². The molecule has 1 aromatic rings. The Labute approximate surface area is 206 Å². The number of benzene rings is 1. The summed E-state index contributed by atoms with van der Waals surface area (Å²) in [6, 6.07) is 8.23. The van der Waals surface area contributed by atoms with Gasteiger partial charge in [0.05, 0.1) is 6.54 Å². The number of ether oxygens (including phenoxy) is 2. The van der Waals surface area contributed by atoms with E-state index < -0.39 is 0 Å². The van der Waals surface area contributed by atoms with Crippen LogP contribution < -0.4 is 15.4 Å². The Morgan fingerprint density at radius 2 is 1.84 bits per heavy atom. The lowest BCUT2D eigenvalue weighted by molar-refractivity contribution is 0.0732. The molecule has 0 unspecified atom stereocenters. The van der Waals surface area contributed by atoms with E-state index >= 15 is 0 Å². The van der Waals surface area contributed by atoms with Crippen molar-refractivity contribution >= 4 is 29.9 Å². The standard InChI is InChI=1S/C24H42N4O2.HI/c1-5-25-23(27-20-24(13-10-14-24)15-17-29-4)26-19-21-11-8-9-12-22(21)30-18-16-28(6-2)7-3;/h8-9,11-12H,5-7,10,13-20H2,1-4H3,(H2,25,26,27);1H. The van der Waals surface area contributed by atoms with E-state index in [-0.39, 0.29) is 24.0 Å². The predicted molar refractivity (Wildman–Crippen MR) is 141 cm³/mol. The first kappa shape index (κ1) is 28.0. The first-order chi connectivity index (χ1) is 14.7. The Balaban J connectivity index is 0.00000480. The summed E-state index contributed by atoms with van der Waals surface area (Å²) in [5.41, 5.74) is 1.48. The van der Waals surface area contributed by atoms with Crippen molar-refractivity contribution in [3.8, 4) is 5.75 Å². The molecule has 7 heteroatoms. The van der Waals surface area contributed by atoms with Crippen molar-refractivity contribution < 1.29 is 9.47 Å². The summed E-state index contributed by atoms with van der Waals surface area (Å²) in [6.45, 7) is 13.4. The zero-order valence-electron chi connectivity index (χ0n) is 19.9.